The van der Waals surface area contributed by atoms with Gasteiger partial charge in [0.2, 0.25) is 0 Å². The number of carbonyl (C=O) groups excluding carboxylic acids is 1. The molecule has 0 unspecified atom stereocenters. The molecule has 5 heteroatoms. The molecule has 0 spiro atoms. The van der Waals surface area contributed by atoms with E-state index in [9.17, 15) is 4.79 Å². The average Bonchev–Trinajstić information content (AvgIpc) is 2.02. The van der Waals surface area contributed by atoms with Gasteiger partial charge < -0.3 is 0 Å². The quantitative estimate of drug-likeness (QED) is 0.377. The molecule has 0 bridgehead atoms. The summed E-state index contributed by atoms with van der Waals surface area (Å²) in [6.07, 6.45) is 1.50. The summed E-state index contributed by atoms with van der Waals surface area (Å²) in [6.45, 7) is 5.05. The van der Waals surface area contributed by atoms with E-state index in [0.717, 1.165) is 0 Å². The number of isocyanates is 1. The van der Waals surface area contributed by atoms with E-state index in [2.05, 4.69) is 4.99 Å². The summed E-state index contributed by atoms with van der Waals surface area (Å²) in [4.78, 5) is 13.8. The van der Waals surface area contributed by atoms with Crippen LogP contribution in [0, 0.1) is 0 Å². The monoisotopic (exact) mass is 209 g/mol. The van der Waals surface area contributed by atoms with Gasteiger partial charge in [-0.2, -0.15) is 0 Å². The van der Waals surface area contributed by atoms with E-state index in [4.69, 9.17) is 6.64 Å². The van der Waals surface area contributed by atoms with E-state index in [-0.39, 0.29) is 0 Å². The van der Waals surface area contributed by atoms with Crippen LogP contribution in [-0.2, 0) is 28.8 Å². The second-order valence-electron chi connectivity index (χ2n) is 2.41. The van der Waals surface area contributed by atoms with E-state index < -0.39 is 17.4 Å². The van der Waals surface area contributed by atoms with Crippen LogP contribution in [-0.4, -0.2) is 24.1 Å². The average molecular weight is 209 g/mol. The number of hydrogen-bond acceptors (Lipinski definition) is 4. The molecule has 0 aliphatic carbocycles. The topological polar surface area (TPSA) is 47.9 Å². The number of hydrogen-bond donors (Lipinski definition) is 0. The first-order valence-corrected chi connectivity index (χ1v) is 7.94. The van der Waals surface area contributed by atoms with Gasteiger partial charge >= 0.3 is 77.0 Å². The Morgan fingerprint density at radius 2 is 1.83 bits per heavy atom. The summed E-state index contributed by atoms with van der Waals surface area (Å²) in [5.41, 5.74) is 0. The SMILES string of the molecule is CC[O][Ti]([CH3])([CH2]N=C=O)[O]CC. The molecule has 0 rings (SSSR count). The van der Waals surface area contributed by atoms with Crippen LogP contribution >= 0.6 is 0 Å². The predicted molar refractivity (Wildman–Crippen MR) is 42.1 cm³/mol. The molecule has 0 heterocycles. The van der Waals surface area contributed by atoms with Crippen molar-refractivity contribution in [3.05, 3.63) is 0 Å². The molecule has 0 aromatic rings. The van der Waals surface area contributed by atoms with Crippen LogP contribution in [0.5, 0.6) is 0 Å². The third-order valence-electron chi connectivity index (χ3n) is 1.33. The van der Waals surface area contributed by atoms with Gasteiger partial charge in [-0.1, -0.05) is 0 Å². The molecule has 0 radical (unpaired) electrons. The molecular weight excluding hydrogens is 194 g/mol. The van der Waals surface area contributed by atoms with Crippen LogP contribution in [0.1, 0.15) is 13.8 Å². The molecule has 0 aliphatic heterocycles. The number of rotatable bonds is 6. The molecule has 0 saturated heterocycles. The van der Waals surface area contributed by atoms with Crippen molar-refractivity contribution in [3.8, 4) is 0 Å². The van der Waals surface area contributed by atoms with Crippen molar-refractivity contribution >= 4 is 6.08 Å². The minimum absolute atomic E-state index is 0.380. The van der Waals surface area contributed by atoms with Gasteiger partial charge in [0, 0.05) is 0 Å². The van der Waals surface area contributed by atoms with Crippen molar-refractivity contribution in [3.63, 3.8) is 0 Å². The summed E-state index contributed by atoms with van der Waals surface area (Å²) in [5.74, 6) is 0. The Morgan fingerprint density at radius 3 is 2.17 bits per heavy atom. The zero-order valence-corrected chi connectivity index (χ0v) is 9.35. The molecule has 0 N–H and O–H groups in total. The number of nitrogens with zero attached hydrogens (tertiary/aromatic N) is 1. The molecule has 0 aliphatic rings. The predicted octanol–water partition coefficient (Wildman–Crippen LogP) is 1.38. The van der Waals surface area contributed by atoms with Crippen LogP contribution < -0.4 is 0 Å². The molecule has 0 aromatic carbocycles. The fourth-order valence-corrected chi connectivity index (χ4v) is 3.79. The second-order valence-corrected chi connectivity index (χ2v) is 7.34. The van der Waals surface area contributed by atoms with Crippen molar-refractivity contribution in [2.24, 2.45) is 4.99 Å². The summed E-state index contributed by atoms with van der Waals surface area (Å²) < 4.78 is 10.9. The Labute approximate surface area is 77.3 Å². The van der Waals surface area contributed by atoms with Crippen LogP contribution in [0.3, 0.4) is 0 Å². The molecule has 0 atom stereocenters. The van der Waals surface area contributed by atoms with Gasteiger partial charge in [-0.25, -0.2) is 0 Å². The third-order valence-corrected chi connectivity index (χ3v) is 5.28. The third kappa shape index (κ3) is 4.80. The van der Waals surface area contributed by atoms with Crippen molar-refractivity contribution in [1.82, 2.24) is 0 Å². The van der Waals surface area contributed by atoms with E-state index in [0.29, 0.717) is 18.1 Å². The fraction of sp³-hybridized carbons (Fsp3) is 0.857. The Balaban J connectivity index is 4.06. The zero-order chi connectivity index (χ0) is 9.45. The van der Waals surface area contributed by atoms with Gasteiger partial charge in [0.05, 0.1) is 0 Å². The summed E-state index contributed by atoms with van der Waals surface area (Å²) in [6, 6.07) is 0. The first-order chi connectivity index (χ1) is 5.68. The van der Waals surface area contributed by atoms with E-state index in [1.54, 1.807) is 0 Å². The van der Waals surface area contributed by atoms with Crippen LogP contribution in [0.4, 0.5) is 0 Å². The van der Waals surface area contributed by atoms with E-state index in [1.807, 2.05) is 19.1 Å². The number of aliphatic imine (C=N–C) groups is 1. The van der Waals surface area contributed by atoms with Crippen molar-refractivity contribution < 1.29 is 28.8 Å². The molecule has 4 nitrogen and oxygen atoms in total. The van der Waals surface area contributed by atoms with E-state index >= 15 is 0 Å². The summed E-state index contributed by atoms with van der Waals surface area (Å²) in [7, 11) is 0. The van der Waals surface area contributed by atoms with Gasteiger partial charge in [0.15, 0.2) is 0 Å². The van der Waals surface area contributed by atoms with Crippen molar-refractivity contribution in [2.75, 3.05) is 18.1 Å². The molecule has 0 amide bonds. The normalized spacial score (nSPS) is 10.9. The molecule has 0 saturated carbocycles. The Hall–Kier alpha value is 0.0143. The molecule has 12 heavy (non-hydrogen) atoms. The summed E-state index contributed by atoms with van der Waals surface area (Å²) >= 11 is -2.70. The fourth-order valence-electron chi connectivity index (χ4n) is 0.919. The Morgan fingerprint density at radius 1 is 1.33 bits per heavy atom. The van der Waals surface area contributed by atoms with Crippen molar-refractivity contribution in [2.45, 2.75) is 19.1 Å². The van der Waals surface area contributed by atoms with Gasteiger partial charge in [-0.05, 0) is 0 Å². The van der Waals surface area contributed by atoms with Gasteiger partial charge in [-0.15, -0.1) is 0 Å². The summed E-state index contributed by atoms with van der Waals surface area (Å²) in [5, 5.41) is 1.94. The van der Waals surface area contributed by atoms with Gasteiger partial charge in [-0.3, -0.25) is 0 Å². The van der Waals surface area contributed by atoms with Gasteiger partial charge in [0.1, 0.15) is 0 Å². The Bertz CT molecular complexity index is 162. The minimum atomic E-state index is -2.70. The second kappa shape index (κ2) is 6.52. The van der Waals surface area contributed by atoms with Crippen molar-refractivity contribution in [1.29, 1.82) is 0 Å². The molecule has 70 valence electrons. The maximum absolute atomic E-state index is 9.89. The van der Waals surface area contributed by atoms with Crippen LogP contribution in [0.25, 0.3) is 0 Å². The van der Waals surface area contributed by atoms with Crippen LogP contribution in [0.2, 0.25) is 5.23 Å². The molecule has 0 aromatic heterocycles. The first-order valence-electron chi connectivity index (χ1n) is 4.00. The first kappa shape index (κ1) is 12.0. The molecule has 0 fully saturated rings. The van der Waals surface area contributed by atoms with E-state index in [1.165, 1.54) is 6.08 Å². The Kier molecular flexibility index (Phi) is 6.53. The maximum atomic E-state index is 9.89. The molecular formula is C7H15NO3Ti. The standard InChI is InChI=1S/C2H2NO.2C2H5O.CH3.Ti/c1-3-2-4;2*1-2-3;;/h1H2;2*2H2,1H3;1H3;/q;2*-1;;+2. The zero-order valence-electron chi connectivity index (χ0n) is 7.79. The van der Waals surface area contributed by atoms with Gasteiger partial charge in [0.25, 0.3) is 0 Å². The van der Waals surface area contributed by atoms with Crippen LogP contribution in [0.15, 0.2) is 4.99 Å².